The van der Waals surface area contributed by atoms with Gasteiger partial charge < -0.3 is 15.8 Å². The highest BCUT2D eigenvalue weighted by atomic mass is 32.1. The number of primary amides is 1. The van der Waals surface area contributed by atoms with E-state index in [1.54, 1.807) is 13.0 Å². The lowest BCUT2D eigenvalue weighted by Gasteiger charge is -2.14. The van der Waals surface area contributed by atoms with Crippen molar-refractivity contribution in [2.75, 3.05) is 5.32 Å². The van der Waals surface area contributed by atoms with Crippen LogP contribution >= 0.6 is 11.3 Å². The molecule has 3 N–H and O–H groups in total. The zero-order chi connectivity index (χ0) is 18.7. The Labute approximate surface area is 147 Å². The van der Waals surface area contributed by atoms with Gasteiger partial charge in [-0.05, 0) is 32.4 Å². The maximum Gasteiger partial charge on any atom is 0.310 e. The van der Waals surface area contributed by atoms with Crippen molar-refractivity contribution in [2.45, 2.75) is 26.9 Å². The predicted molar refractivity (Wildman–Crippen MR) is 94.1 cm³/mol. The molecule has 0 bridgehead atoms. The van der Waals surface area contributed by atoms with Crippen molar-refractivity contribution in [3.8, 4) is 5.75 Å². The molecule has 8 nitrogen and oxygen atoms in total. The third kappa shape index (κ3) is 3.94. The zero-order valence-electron chi connectivity index (χ0n) is 13.9. The Morgan fingerprint density at radius 1 is 1.32 bits per heavy atom. The maximum absolute atomic E-state index is 12.3. The largest absolute Gasteiger partial charge is 0.474 e. The van der Waals surface area contributed by atoms with Crippen LogP contribution in [0.1, 0.15) is 27.7 Å². The lowest BCUT2D eigenvalue weighted by molar-refractivity contribution is -0.386. The number of para-hydroxylation sites is 2. The predicted octanol–water partition coefficient (Wildman–Crippen LogP) is 2.78. The van der Waals surface area contributed by atoms with Gasteiger partial charge in [0.2, 0.25) is 0 Å². The van der Waals surface area contributed by atoms with Crippen molar-refractivity contribution in [1.82, 2.24) is 0 Å². The van der Waals surface area contributed by atoms with Gasteiger partial charge in [0.05, 0.1) is 10.5 Å². The van der Waals surface area contributed by atoms with E-state index in [0.717, 1.165) is 4.88 Å². The summed E-state index contributed by atoms with van der Waals surface area (Å²) < 4.78 is 5.41. The molecule has 1 atom stereocenters. The number of nitro benzene ring substituents is 1. The van der Waals surface area contributed by atoms with E-state index in [1.165, 1.54) is 36.5 Å². The number of carbonyl (C=O) groups is 2. The molecule has 0 saturated carbocycles. The molecule has 2 rings (SSSR count). The number of carbonyl (C=O) groups excluding carboxylic acids is 2. The van der Waals surface area contributed by atoms with E-state index in [1.807, 2.05) is 6.92 Å². The molecule has 0 aliphatic heterocycles. The molecule has 2 amide bonds. The molecule has 0 spiro atoms. The lowest BCUT2D eigenvalue weighted by Crippen LogP contribution is -2.30. The molecule has 1 unspecified atom stereocenters. The van der Waals surface area contributed by atoms with Crippen LogP contribution in [0.3, 0.4) is 0 Å². The molecule has 1 aromatic heterocycles. The Morgan fingerprint density at radius 3 is 2.56 bits per heavy atom. The second-order valence-electron chi connectivity index (χ2n) is 5.33. The van der Waals surface area contributed by atoms with Crippen LogP contribution in [0.2, 0.25) is 0 Å². The first-order chi connectivity index (χ1) is 11.7. The second-order valence-corrected chi connectivity index (χ2v) is 6.55. The maximum atomic E-state index is 12.3. The van der Waals surface area contributed by atoms with Crippen LogP contribution in [-0.2, 0) is 4.79 Å². The summed E-state index contributed by atoms with van der Waals surface area (Å²) in [5.41, 5.74) is 6.10. The van der Waals surface area contributed by atoms with Crippen LogP contribution in [0.5, 0.6) is 5.75 Å². The van der Waals surface area contributed by atoms with Crippen molar-refractivity contribution in [2.24, 2.45) is 5.73 Å². The fraction of sp³-hybridized carbons (Fsp3) is 0.250. The number of thiophene rings is 1. The van der Waals surface area contributed by atoms with Gasteiger partial charge in [-0.2, -0.15) is 0 Å². The number of aryl methyl sites for hydroxylation is 1. The standard InChI is InChI=1S/C16H17N3O5S/c1-8-10(3)25-16(13(8)14(17)20)18-15(21)9(2)24-12-7-5-4-6-11(12)19(22)23/h4-7,9H,1-3H3,(H2,17,20)(H,18,21). The summed E-state index contributed by atoms with van der Waals surface area (Å²) in [5.74, 6) is -1.19. The quantitative estimate of drug-likeness (QED) is 0.603. The van der Waals surface area contributed by atoms with E-state index in [9.17, 15) is 19.7 Å². The van der Waals surface area contributed by atoms with E-state index in [0.29, 0.717) is 10.6 Å². The summed E-state index contributed by atoms with van der Waals surface area (Å²) in [6.45, 7) is 5.02. The minimum absolute atomic E-state index is 0.0104. The van der Waals surface area contributed by atoms with Gasteiger partial charge in [0, 0.05) is 10.9 Å². The number of nitrogens with one attached hydrogen (secondary N) is 1. The first-order valence-electron chi connectivity index (χ1n) is 7.33. The average molecular weight is 363 g/mol. The van der Waals surface area contributed by atoms with Crippen LogP contribution in [0.4, 0.5) is 10.7 Å². The van der Waals surface area contributed by atoms with Crippen LogP contribution in [0, 0.1) is 24.0 Å². The Morgan fingerprint density at radius 2 is 1.96 bits per heavy atom. The highest BCUT2D eigenvalue weighted by molar-refractivity contribution is 7.16. The Hall–Kier alpha value is -2.94. The number of nitrogens with two attached hydrogens (primary N) is 1. The Bertz CT molecular complexity index is 846. The summed E-state index contributed by atoms with van der Waals surface area (Å²) in [6.07, 6.45) is -1.01. The molecule has 25 heavy (non-hydrogen) atoms. The number of hydrogen-bond donors (Lipinski definition) is 2. The van der Waals surface area contributed by atoms with Crippen molar-refractivity contribution in [1.29, 1.82) is 0 Å². The van der Waals surface area contributed by atoms with E-state index in [4.69, 9.17) is 10.5 Å². The Balaban J connectivity index is 2.19. The first-order valence-corrected chi connectivity index (χ1v) is 8.14. The van der Waals surface area contributed by atoms with E-state index in [2.05, 4.69) is 5.32 Å². The third-order valence-electron chi connectivity index (χ3n) is 3.60. The molecule has 0 fully saturated rings. The van der Waals surface area contributed by atoms with Gasteiger partial charge in [-0.25, -0.2) is 0 Å². The summed E-state index contributed by atoms with van der Waals surface area (Å²) in [5, 5.41) is 13.9. The summed E-state index contributed by atoms with van der Waals surface area (Å²) in [6, 6.07) is 5.78. The highest BCUT2D eigenvalue weighted by Gasteiger charge is 2.24. The molecule has 0 saturated heterocycles. The van der Waals surface area contributed by atoms with Crippen molar-refractivity contribution in [3.05, 3.63) is 50.4 Å². The average Bonchev–Trinajstić information content (AvgIpc) is 2.81. The molecule has 0 radical (unpaired) electrons. The number of nitrogens with zero attached hydrogens (tertiary/aromatic N) is 1. The molecule has 9 heteroatoms. The van der Waals surface area contributed by atoms with Crippen LogP contribution in [0.15, 0.2) is 24.3 Å². The van der Waals surface area contributed by atoms with Crippen LogP contribution in [0.25, 0.3) is 0 Å². The summed E-state index contributed by atoms with van der Waals surface area (Å²) >= 11 is 1.23. The van der Waals surface area contributed by atoms with Gasteiger partial charge in [-0.15, -0.1) is 11.3 Å². The lowest BCUT2D eigenvalue weighted by atomic mass is 10.1. The normalized spacial score (nSPS) is 11.6. The monoisotopic (exact) mass is 363 g/mol. The van der Waals surface area contributed by atoms with Gasteiger partial charge in [0.15, 0.2) is 11.9 Å². The van der Waals surface area contributed by atoms with Crippen LogP contribution in [-0.4, -0.2) is 22.8 Å². The number of amides is 2. The number of benzene rings is 1. The van der Waals surface area contributed by atoms with Gasteiger partial charge >= 0.3 is 5.69 Å². The van der Waals surface area contributed by atoms with E-state index in [-0.39, 0.29) is 17.0 Å². The number of hydrogen-bond acceptors (Lipinski definition) is 6. The van der Waals surface area contributed by atoms with Gasteiger partial charge in [-0.3, -0.25) is 19.7 Å². The number of anilines is 1. The summed E-state index contributed by atoms with van der Waals surface area (Å²) in [4.78, 5) is 35.2. The molecule has 132 valence electrons. The topological polar surface area (TPSA) is 125 Å². The zero-order valence-corrected chi connectivity index (χ0v) is 14.7. The van der Waals surface area contributed by atoms with Crippen molar-refractivity contribution < 1.29 is 19.2 Å². The molecule has 1 aromatic carbocycles. The third-order valence-corrected chi connectivity index (χ3v) is 4.73. The SMILES string of the molecule is Cc1sc(NC(=O)C(C)Oc2ccccc2[N+](=O)[O-])c(C(N)=O)c1C. The molecule has 0 aliphatic carbocycles. The fourth-order valence-corrected chi connectivity index (χ4v) is 3.25. The summed E-state index contributed by atoms with van der Waals surface area (Å²) in [7, 11) is 0. The number of rotatable bonds is 6. The second kappa shape index (κ2) is 7.31. The van der Waals surface area contributed by atoms with Gasteiger partial charge in [-0.1, -0.05) is 12.1 Å². The molecule has 1 heterocycles. The molecular formula is C16H17N3O5S. The Kier molecular flexibility index (Phi) is 5.38. The fourth-order valence-electron chi connectivity index (χ4n) is 2.18. The van der Waals surface area contributed by atoms with E-state index < -0.39 is 22.8 Å². The van der Waals surface area contributed by atoms with Crippen LogP contribution < -0.4 is 15.8 Å². The van der Waals surface area contributed by atoms with Crippen molar-refractivity contribution in [3.63, 3.8) is 0 Å². The molecule has 2 aromatic rings. The smallest absolute Gasteiger partial charge is 0.310 e. The minimum atomic E-state index is -1.01. The molecular weight excluding hydrogens is 346 g/mol. The van der Waals surface area contributed by atoms with Gasteiger partial charge in [0.25, 0.3) is 11.8 Å². The molecule has 0 aliphatic rings. The van der Waals surface area contributed by atoms with E-state index >= 15 is 0 Å². The minimum Gasteiger partial charge on any atom is -0.474 e. The number of nitro groups is 1. The highest BCUT2D eigenvalue weighted by Crippen LogP contribution is 2.32. The number of ether oxygens (including phenoxy) is 1. The first kappa shape index (κ1) is 18.4. The van der Waals surface area contributed by atoms with Crippen molar-refractivity contribution >= 4 is 33.8 Å². The van der Waals surface area contributed by atoms with Gasteiger partial charge in [0.1, 0.15) is 5.00 Å².